The number of hydrogen-bond acceptors (Lipinski definition) is 6. The Morgan fingerprint density at radius 3 is 2.54 bits per heavy atom. The summed E-state index contributed by atoms with van der Waals surface area (Å²) in [5.41, 5.74) is -2.02. The van der Waals surface area contributed by atoms with Crippen LogP contribution in [0.25, 0.3) is 0 Å². The number of esters is 1. The van der Waals surface area contributed by atoms with E-state index in [1.54, 1.807) is 17.9 Å². The quantitative estimate of drug-likeness (QED) is 0.352. The van der Waals surface area contributed by atoms with Crippen molar-refractivity contribution in [1.29, 1.82) is 0 Å². The van der Waals surface area contributed by atoms with Gasteiger partial charge in [-0.1, -0.05) is 46.1 Å². The first-order valence-corrected chi connectivity index (χ1v) is 14.3. The molecule has 8 nitrogen and oxygen atoms in total. The average molecular weight is 519 g/mol. The van der Waals surface area contributed by atoms with Gasteiger partial charge in [0.05, 0.1) is 30.8 Å². The van der Waals surface area contributed by atoms with Crippen molar-refractivity contribution in [3.63, 3.8) is 0 Å². The molecule has 3 heterocycles. The summed E-state index contributed by atoms with van der Waals surface area (Å²) in [6.45, 7) is 14.0. The fraction of sp³-hybridized carbons (Fsp3) is 0.828. The van der Waals surface area contributed by atoms with Gasteiger partial charge in [-0.05, 0) is 51.4 Å². The van der Waals surface area contributed by atoms with Gasteiger partial charge in [0.15, 0.2) is 0 Å². The van der Waals surface area contributed by atoms with E-state index in [2.05, 4.69) is 6.58 Å². The Morgan fingerprint density at radius 2 is 1.97 bits per heavy atom. The molecular weight excluding hydrogens is 472 g/mol. The van der Waals surface area contributed by atoms with Gasteiger partial charge < -0.3 is 24.4 Å². The lowest BCUT2D eigenvalue weighted by Gasteiger charge is -2.42. The van der Waals surface area contributed by atoms with Crippen LogP contribution in [-0.2, 0) is 23.9 Å². The molecule has 1 saturated carbocycles. The number of carbonyl (C=O) groups is 3. The molecule has 37 heavy (non-hydrogen) atoms. The topological polar surface area (TPSA) is 96.4 Å². The van der Waals surface area contributed by atoms with Crippen molar-refractivity contribution < 1.29 is 29.0 Å². The molecule has 3 unspecified atom stereocenters. The van der Waals surface area contributed by atoms with Crippen LogP contribution < -0.4 is 0 Å². The highest BCUT2D eigenvalue weighted by Gasteiger charge is 2.80. The van der Waals surface area contributed by atoms with Crippen molar-refractivity contribution in [2.24, 2.45) is 23.7 Å². The number of carbonyl (C=O) groups excluding carboxylic acids is 3. The molecule has 208 valence electrons. The number of rotatable bonds is 10. The Bertz CT molecular complexity index is 901. The van der Waals surface area contributed by atoms with Gasteiger partial charge in [-0.25, -0.2) is 0 Å². The summed E-state index contributed by atoms with van der Waals surface area (Å²) in [6, 6.07) is -1.35. The van der Waals surface area contributed by atoms with Gasteiger partial charge >= 0.3 is 5.97 Å². The van der Waals surface area contributed by atoms with E-state index < -0.39 is 41.1 Å². The Hall–Kier alpha value is -1.93. The Balaban J connectivity index is 1.83. The first-order valence-electron chi connectivity index (χ1n) is 14.3. The SMILES string of the molecule is C=CCN(C(=O)C1N([C@@H](CO)CC(C)C)C(=O)[C@@H]2[C@@H](C(=O)OCC)[C@]3(C)OC12CC3C)C1CCCCC1. The van der Waals surface area contributed by atoms with Gasteiger partial charge in [0, 0.05) is 12.6 Å². The second kappa shape index (κ2) is 10.7. The van der Waals surface area contributed by atoms with E-state index in [4.69, 9.17) is 9.47 Å². The average Bonchev–Trinajstić information content (AvgIpc) is 3.38. The molecule has 1 aliphatic carbocycles. The zero-order valence-corrected chi connectivity index (χ0v) is 23.3. The standard InChI is InChI=1S/C29H46N2O6/c1-7-14-30(20-12-10-9-11-13-20)26(34)24-29-16-19(5)28(6,37-29)23(27(35)36-8-2)22(29)25(33)31(24)21(17-32)15-18(3)4/h7,18-24,32H,1,8-17H2,2-6H3/t19?,21-,22+,23+,24?,28-,29?/m1/s1. The number of amides is 2. The van der Waals surface area contributed by atoms with E-state index in [-0.39, 0.29) is 42.9 Å². The highest BCUT2D eigenvalue weighted by molar-refractivity contribution is 5.99. The third-order valence-electron chi connectivity index (χ3n) is 9.50. The molecule has 2 amide bonds. The summed E-state index contributed by atoms with van der Waals surface area (Å²) >= 11 is 0. The van der Waals surface area contributed by atoms with E-state index in [1.807, 2.05) is 32.6 Å². The Kier molecular flexibility index (Phi) is 8.11. The summed E-state index contributed by atoms with van der Waals surface area (Å²) < 4.78 is 12.3. The minimum Gasteiger partial charge on any atom is -0.466 e. The number of hydrogen-bond donors (Lipinski definition) is 1. The molecule has 7 atom stereocenters. The summed E-state index contributed by atoms with van der Waals surface area (Å²) in [6.07, 6.45) is 7.95. The number of ether oxygens (including phenoxy) is 2. The summed E-state index contributed by atoms with van der Waals surface area (Å²) in [5.74, 6) is -2.29. The lowest BCUT2D eigenvalue weighted by molar-refractivity contribution is -0.164. The molecule has 8 heteroatoms. The molecular formula is C29H46N2O6. The van der Waals surface area contributed by atoms with Gasteiger partial charge in [-0.2, -0.15) is 0 Å². The van der Waals surface area contributed by atoms with E-state index in [1.165, 1.54) is 0 Å². The van der Waals surface area contributed by atoms with Crippen LogP contribution in [0.4, 0.5) is 0 Å². The van der Waals surface area contributed by atoms with Gasteiger partial charge in [0.1, 0.15) is 17.6 Å². The predicted molar refractivity (Wildman–Crippen MR) is 139 cm³/mol. The highest BCUT2D eigenvalue weighted by atomic mass is 16.6. The molecule has 0 radical (unpaired) electrons. The molecule has 4 aliphatic rings. The van der Waals surface area contributed by atoms with Crippen molar-refractivity contribution >= 4 is 17.8 Å². The van der Waals surface area contributed by atoms with Gasteiger partial charge in [-0.3, -0.25) is 14.4 Å². The second-order valence-electron chi connectivity index (χ2n) is 12.2. The number of fused-ring (bicyclic) bond motifs is 1. The van der Waals surface area contributed by atoms with E-state index in [0.717, 1.165) is 32.1 Å². The predicted octanol–water partition coefficient (Wildman–Crippen LogP) is 3.31. The third-order valence-corrected chi connectivity index (χ3v) is 9.50. The van der Waals surface area contributed by atoms with E-state index >= 15 is 0 Å². The zero-order chi connectivity index (χ0) is 27.1. The van der Waals surface area contributed by atoms with Crippen LogP contribution >= 0.6 is 0 Å². The van der Waals surface area contributed by atoms with Crippen LogP contribution in [0, 0.1) is 23.7 Å². The van der Waals surface area contributed by atoms with Crippen molar-refractivity contribution in [2.45, 2.75) is 109 Å². The van der Waals surface area contributed by atoms with Crippen molar-refractivity contribution in [3.8, 4) is 0 Å². The minimum atomic E-state index is -1.13. The van der Waals surface area contributed by atoms with E-state index in [9.17, 15) is 19.5 Å². The molecule has 3 saturated heterocycles. The maximum atomic E-state index is 14.6. The van der Waals surface area contributed by atoms with Crippen molar-refractivity contribution in [3.05, 3.63) is 12.7 Å². The maximum Gasteiger partial charge on any atom is 0.312 e. The van der Waals surface area contributed by atoms with Crippen LogP contribution in [0.5, 0.6) is 0 Å². The Morgan fingerprint density at radius 1 is 1.30 bits per heavy atom. The smallest absolute Gasteiger partial charge is 0.312 e. The molecule has 4 fully saturated rings. The molecule has 0 aromatic carbocycles. The molecule has 0 aromatic rings. The molecule has 0 aromatic heterocycles. The van der Waals surface area contributed by atoms with Gasteiger partial charge in [0.2, 0.25) is 11.8 Å². The number of likely N-dealkylation sites (tertiary alicyclic amines) is 1. The van der Waals surface area contributed by atoms with Crippen molar-refractivity contribution in [2.75, 3.05) is 19.8 Å². The van der Waals surface area contributed by atoms with Gasteiger partial charge in [-0.15, -0.1) is 6.58 Å². The van der Waals surface area contributed by atoms with Gasteiger partial charge in [0.25, 0.3) is 0 Å². The summed E-state index contributed by atoms with van der Waals surface area (Å²) in [7, 11) is 0. The lowest BCUT2D eigenvalue weighted by Crippen LogP contribution is -2.60. The molecule has 1 spiro atoms. The fourth-order valence-corrected chi connectivity index (χ4v) is 7.87. The highest BCUT2D eigenvalue weighted by Crippen LogP contribution is 2.65. The molecule has 4 rings (SSSR count). The molecule has 1 N–H and O–H groups in total. The van der Waals surface area contributed by atoms with Crippen LogP contribution in [0.3, 0.4) is 0 Å². The number of nitrogens with zero attached hydrogens (tertiary/aromatic N) is 2. The molecule has 2 bridgehead atoms. The fourth-order valence-electron chi connectivity index (χ4n) is 7.87. The molecule has 3 aliphatic heterocycles. The first-order chi connectivity index (χ1) is 17.6. The summed E-state index contributed by atoms with van der Waals surface area (Å²) in [5, 5.41) is 10.5. The van der Waals surface area contributed by atoms with Crippen LogP contribution in [-0.4, -0.2) is 81.8 Å². The third kappa shape index (κ3) is 4.42. The monoisotopic (exact) mass is 518 g/mol. The summed E-state index contributed by atoms with van der Waals surface area (Å²) in [4.78, 5) is 45.8. The first kappa shape index (κ1) is 28.1. The van der Waals surface area contributed by atoms with Crippen LogP contribution in [0.2, 0.25) is 0 Å². The number of aliphatic hydroxyl groups is 1. The Labute approximate surface area is 221 Å². The largest absolute Gasteiger partial charge is 0.466 e. The lowest BCUT2D eigenvalue weighted by atomic mass is 9.62. The van der Waals surface area contributed by atoms with Crippen molar-refractivity contribution in [1.82, 2.24) is 9.80 Å². The second-order valence-corrected chi connectivity index (χ2v) is 12.2. The zero-order valence-electron chi connectivity index (χ0n) is 23.3. The van der Waals surface area contributed by atoms with E-state index in [0.29, 0.717) is 19.4 Å². The minimum absolute atomic E-state index is 0.0404. The number of aliphatic hydroxyl groups excluding tert-OH is 1. The maximum absolute atomic E-state index is 14.6. The normalized spacial score (nSPS) is 36.1. The van der Waals surface area contributed by atoms with Crippen LogP contribution in [0.15, 0.2) is 12.7 Å². The van der Waals surface area contributed by atoms with Crippen LogP contribution in [0.1, 0.15) is 79.6 Å².